The van der Waals surface area contributed by atoms with E-state index in [1.54, 1.807) is 0 Å². The molecule has 0 aliphatic heterocycles. The minimum Gasteiger partial charge on any atom is -0.462 e. The van der Waals surface area contributed by atoms with Gasteiger partial charge >= 0.3 is 17.9 Å². The van der Waals surface area contributed by atoms with Gasteiger partial charge < -0.3 is 14.2 Å². The van der Waals surface area contributed by atoms with E-state index in [1.807, 2.05) is 12.2 Å². The van der Waals surface area contributed by atoms with Gasteiger partial charge in [-0.2, -0.15) is 0 Å². The first kappa shape index (κ1) is 65.3. The van der Waals surface area contributed by atoms with Gasteiger partial charge in [-0.05, 0) is 83.5 Å². The molecule has 0 aromatic rings. The monoisotopic (exact) mass is 959 g/mol. The van der Waals surface area contributed by atoms with Crippen LogP contribution in [0, 0.1) is 0 Å². The van der Waals surface area contributed by atoms with E-state index in [2.05, 4.69) is 106 Å². The van der Waals surface area contributed by atoms with E-state index in [4.69, 9.17) is 14.2 Å². The van der Waals surface area contributed by atoms with Crippen molar-refractivity contribution in [3.8, 4) is 0 Å². The molecule has 0 amide bonds. The first-order chi connectivity index (χ1) is 34.0. The largest absolute Gasteiger partial charge is 0.462 e. The first-order valence-corrected chi connectivity index (χ1v) is 28.7. The maximum atomic E-state index is 12.8. The molecule has 0 aliphatic rings. The molecule has 0 aromatic heterocycles. The fraction of sp³-hybridized carbons (Fsp3) is 0.698. The van der Waals surface area contributed by atoms with E-state index >= 15 is 0 Å². The number of hydrogen-bond donors (Lipinski definition) is 0. The van der Waals surface area contributed by atoms with Crippen LogP contribution in [0.1, 0.15) is 265 Å². The molecular formula is C63H106O6. The summed E-state index contributed by atoms with van der Waals surface area (Å²) >= 11 is 0. The van der Waals surface area contributed by atoms with Gasteiger partial charge in [0.15, 0.2) is 6.10 Å². The molecule has 0 aromatic carbocycles. The average Bonchev–Trinajstić information content (AvgIpc) is 3.35. The number of hydrogen-bond acceptors (Lipinski definition) is 6. The Bertz CT molecular complexity index is 1380. The van der Waals surface area contributed by atoms with E-state index in [-0.39, 0.29) is 37.5 Å². The zero-order chi connectivity index (χ0) is 50.0. The number of ether oxygens (including phenoxy) is 3. The summed E-state index contributed by atoms with van der Waals surface area (Å²) in [7, 11) is 0. The van der Waals surface area contributed by atoms with Crippen LogP contribution in [0.25, 0.3) is 0 Å². The lowest BCUT2D eigenvalue weighted by molar-refractivity contribution is -0.166. The molecule has 6 heteroatoms. The molecule has 6 nitrogen and oxygen atoms in total. The summed E-state index contributed by atoms with van der Waals surface area (Å²) < 4.78 is 16.8. The maximum absolute atomic E-state index is 12.8. The number of esters is 3. The van der Waals surface area contributed by atoms with E-state index in [0.29, 0.717) is 19.3 Å². The van der Waals surface area contributed by atoms with Crippen molar-refractivity contribution < 1.29 is 28.6 Å². The zero-order valence-electron chi connectivity index (χ0n) is 45.0. The van der Waals surface area contributed by atoms with Gasteiger partial charge in [0.05, 0.1) is 0 Å². The van der Waals surface area contributed by atoms with E-state index in [0.717, 1.165) is 89.9 Å². The average molecular weight is 960 g/mol. The molecule has 0 saturated carbocycles. The lowest BCUT2D eigenvalue weighted by atomic mass is 10.0. The number of rotatable bonds is 51. The normalized spacial score (nSPS) is 12.8. The predicted molar refractivity (Wildman–Crippen MR) is 297 cm³/mol. The molecule has 0 radical (unpaired) electrons. The van der Waals surface area contributed by atoms with E-state index in [1.165, 1.54) is 128 Å². The van der Waals surface area contributed by atoms with Crippen LogP contribution in [0.4, 0.5) is 0 Å². The molecule has 1 atom stereocenters. The third-order valence-corrected chi connectivity index (χ3v) is 12.1. The highest BCUT2D eigenvalue weighted by Crippen LogP contribution is 2.16. The second kappa shape index (κ2) is 56.9. The van der Waals surface area contributed by atoms with Crippen molar-refractivity contribution in [2.75, 3.05) is 13.2 Å². The van der Waals surface area contributed by atoms with Gasteiger partial charge in [-0.15, -0.1) is 0 Å². The second-order valence-electron chi connectivity index (χ2n) is 18.8. The first-order valence-electron chi connectivity index (χ1n) is 28.7. The Labute approximate surface area is 426 Å². The number of unbranched alkanes of at least 4 members (excludes halogenated alkanes) is 24. The molecule has 394 valence electrons. The van der Waals surface area contributed by atoms with Crippen LogP contribution in [-0.2, 0) is 28.6 Å². The van der Waals surface area contributed by atoms with Gasteiger partial charge in [0.1, 0.15) is 13.2 Å². The number of carbonyl (C=O) groups is 3. The highest BCUT2D eigenvalue weighted by molar-refractivity contribution is 5.71. The molecule has 1 unspecified atom stereocenters. The van der Waals surface area contributed by atoms with Crippen molar-refractivity contribution in [1.82, 2.24) is 0 Å². The fourth-order valence-corrected chi connectivity index (χ4v) is 7.86. The number of carbonyl (C=O) groups excluding carboxylic acids is 3. The summed E-state index contributed by atoms with van der Waals surface area (Å²) in [6.45, 7) is 6.36. The third kappa shape index (κ3) is 55.1. The Hall–Kier alpha value is -3.67. The summed E-state index contributed by atoms with van der Waals surface area (Å²) in [4.78, 5) is 38.1. The van der Waals surface area contributed by atoms with Crippen molar-refractivity contribution in [2.24, 2.45) is 0 Å². The maximum Gasteiger partial charge on any atom is 0.306 e. The minimum atomic E-state index is -0.814. The van der Waals surface area contributed by atoms with Crippen LogP contribution >= 0.6 is 0 Å². The Morgan fingerprint density at radius 3 is 0.942 bits per heavy atom. The third-order valence-electron chi connectivity index (χ3n) is 12.1. The second-order valence-corrected chi connectivity index (χ2v) is 18.8. The minimum absolute atomic E-state index is 0.104. The molecule has 0 aliphatic carbocycles. The Morgan fingerprint density at radius 1 is 0.304 bits per heavy atom. The van der Waals surface area contributed by atoms with Crippen molar-refractivity contribution in [2.45, 2.75) is 271 Å². The van der Waals surface area contributed by atoms with Crippen molar-refractivity contribution >= 4 is 17.9 Å². The van der Waals surface area contributed by atoms with Crippen molar-refractivity contribution in [3.05, 3.63) is 97.2 Å². The Morgan fingerprint density at radius 2 is 0.594 bits per heavy atom. The van der Waals surface area contributed by atoms with Crippen LogP contribution < -0.4 is 0 Å². The standard InChI is InChI=1S/C63H106O6/c1-4-7-10-13-16-19-22-25-26-27-28-29-30-31-32-33-34-35-36-39-41-44-47-50-53-56-62(65)68-59-60(69-63(66)57-54-51-48-45-42-38-24-21-18-15-12-9-6-3)58-67-61(64)55-52-49-46-43-40-37-23-20-17-14-11-8-5-2/h7,9-10,12,16,18-19,21,25-26,28-29,38,42,48,51,60H,4-6,8,11,13-15,17,20,22-24,27,30-37,39-41,43-47,49-50,52-59H2,1-3H3/b10-7-,12-9-,19-16-,21-18-,26-25-,29-28-,42-38-,51-48-. The molecule has 0 spiro atoms. The summed E-state index contributed by atoms with van der Waals surface area (Å²) in [5, 5.41) is 0. The highest BCUT2D eigenvalue weighted by atomic mass is 16.6. The van der Waals surface area contributed by atoms with Gasteiger partial charge in [-0.25, -0.2) is 0 Å². The molecule has 0 N–H and O–H groups in total. The molecule has 0 rings (SSSR count). The lowest BCUT2D eigenvalue weighted by Crippen LogP contribution is -2.30. The Balaban J connectivity index is 4.32. The van der Waals surface area contributed by atoms with Crippen LogP contribution in [-0.4, -0.2) is 37.2 Å². The van der Waals surface area contributed by atoms with Crippen LogP contribution in [0.2, 0.25) is 0 Å². The van der Waals surface area contributed by atoms with Gasteiger partial charge in [0.25, 0.3) is 0 Å². The molecule has 69 heavy (non-hydrogen) atoms. The smallest absolute Gasteiger partial charge is 0.306 e. The van der Waals surface area contributed by atoms with Crippen LogP contribution in [0.15, 0.2) is 97.2 Å². The van der Waals surface area contributed by atoms with Gasteiger partial charge in [0, 0.05) is 19.3 Å². The van der Waals surface area contributed by atoms with Crippen LogP contribution in [0.3, 0.4) is 0 Å². The van der Waals surface area contributed by atoms with E-state index < -0.39 is 6.10 Å². The molecule has 0 saturated heterocycles. The fourth-order valence-electron chi connectivity index (χ4n) is 7.86. The molecule has 0 fully saturated rings. The van der Waals surface area contributed by atoms with Gasteiger partial charge in [-0.1, -0.05) is 259 Å². The van der Waals surface area contributed by atoms with Gasteiger partial charge in [-0.3, -0.25) is 14.4 Å². The highest BCUT2D eigenvalue weighted by Gasteiger charge is 2.19. The van der Waals surface area contributed by atoms with Crippen molar-refractivity contribution in [3.63, 3.8) is 0 Å². The summed E-state index contributed by atoms with van der Waals surface area (Å²) in [5.74, 6) is -0.985. The molecule has 0 bridgehead atoms. The summed E-state index contributed by atoms with van der Waals surface area (Å²) in [5.41, 5.74) is 0. The van der Waals surface area contributed by atoms with Gasteiger partial charge in [0.2, 0.25) is 0 Å². The molecular weight excluding hydrogens is 853 g/mol. The number of allylic oxidation sites excluding steroid dienone is 16. The lowest BCUT2D eigenvalue weighted by Gasteiger charge is -2.18. The quantitative estimate of drug-likeness (QED) is 0.0262. The van der Waals surface area contributed by atoms with Crippen LogP contribution in [0.5, 0.6) is 0 Å². The SMILES string of the molecule is CC/C=C\C/C=C\C/C=C\C/C=C\CCCCCCCCCCCCCCC(=O)OCC(COC(=O)CCCCCCCCCCCCCCC)OC(=O)CC/C=C\C/C=C\C/C=C\C/C=C\CC. The predicted octanol–water partition coefficient (Wildman–Crippen LogP) is 19.3. The summed E-state index contributed by atoms with van der Waals surface area (Å²) in [6.07, 6.45) is 75.6. The molecule has 0 heterocycles. The Kier molecular flexibility index (Phi) is 53.9. The van der Waals surface area contributed by atoms with E-state index in [9.17, 15) is 14.4 Å². The van der Waals surface area contributed by atoms with Crippen molar-refractivity contribution in [1.29, 1.82) is 0 Å². The summed E-state index contributed by atoms with van der Waals surface area (Å²) in [6, 6.07) is 0. The zero-order valence-corrected chi connectivity index (χ0v) is 45.0. The topological polar surface area (TPSA) is 78.9 Å².